The maximum atomic E-state index is 12.7. The highest BCUT2D eigenvalue weighted by Gasteiger charge is 2.54. The zero-order chi connectivity index (χ0) is 20.9. The third kappa shape index (κ3) is 3.57. The summed E-state index contributed by atoms with van der Waals surface area (Å²) in [5, 5.41) is 11.6. The van der Waals surface area contributed by atoms with Crippen LogP contribution >= 0.6 is 11.8 Å². The SMILES string of the molecule is CC(=O)c1ccccc1NC(=O)[C@H](C)Sc1nnc(C23CC4CC(CC(C4)C2)C3)o1. The van der Waals surface area contributed by atoms with Crippen molar-refractivity contribution in [2.24, 2.45) is 17.8 Å². The van der Waals surface area contributed by atoms with E-state index in [9.17, 15) is 9.59 Å². The lowest BCUT2D eigenvalue weighted by molar-refractivity contribution is -0.115. The molecule has 0 radical (unpaired) electrons. The summed E-state index contributed by atoms with van der Waals surface area (Å²) in [4.78, 5) is 24.5. The van der Waals surface area contributed by atoms with Gasteiger partial charge in [-0.25, -0.2) is 0 Å². The van der Waals surface area contributed by atoms with Gasteiger partial charge in [-0.3, -0.25) is 9.59 Å². The number of nitrogens with one attached hydrogen (secondary N) is 1. The topological polar surface area (TPSA) is 85.1 Å². The van der Waals surface area contributed by atoms with Crippen molar-refractivity contribution in [1.29, 1.82) is 0 Å². The molecule has 4 aliphatic rings. The summed E-state index contributed by atoms with van der Waals surface area (Å²) < 4.78 is 6.11. The number of ketones is 1. The largest absolute Gasteiger partial charge is 0.415 e. The Hall–Kier alpha value is -2.15. The molecular weight excluding hydrogens is 398 g/mol. The molecule has 0 spiro atoms. The van der Waals surface area contributed by atoms with E-state index < -0.39 is 5.25 Å². The van der Waals surface area contributed by atoms with Gasteiger partial charge in [0.25, 0.3) is 5.22 Å². The number of hydrogen-bond acceptors (Lipinski definition) is 6. The van der Waals surface area contributed by atoms with Crippen LogP contribution in [0, 0.1) is 17.8 Å². The number of carbonyl (C=O) groups excluding carboxylic acids is 2. The monoisotopic (exact) mass is 425 g/mol. The summed E-state index contributed by atoms with van der Waals surface area (Å²) in [6.45, 7) is 3.30. The summed E-state index contributed by atoms with van der Waals surface area (Å²) >= 11 is 1.27. The number of thioether (sulfide) groups is 1. The van der Waals surface area contributed by atoms with Crippen LogP contribution < -0.4 is 5.32 Å². The van der Waals surface area contributed by atoms with Crippen molar-refractivity contribution in [2.45, 2.75) is 68.3 Å². The number of aromatic nitrogens is 2. The number of benzene rings is 1. The first-order valence-corrected chi connectivity index (χ1v) is 11.7. The molecule has 1 aromatic heterocycles. The number of anilines is 1. The number of amides is 1. The van der Waals surface area contributed by atoms with E-state index in [0.717, 1.165) is 23.6 Å². The quantitative estimate of drug-likeness (QED) is 0.525. The van der Waals surface area contributed by atoms with Gasteiger partial charge in [0.15, 0.2) is 5.78 Å². The Morgan fingerprint density at radius 2 is 1.73 bits per heavy atom. The molecule has 6 nitrogen and oxygen atoms in total. The van der Waals surface area contributed by atoms with Crippen LogP contribution in [0.15, 0.2) is 33.9 Å². The van der Waals surface area contributed by atoms with Crippen LogP contribution in [-0.2, 0) is 10.2 Å². The predicted octanol–water partition coefficient (Wildman–Crippen LogP) is 4.86. The van der Waals surface area contributed by atoms with Crippen LogP contribution in [0.4, 0.5) is 5.69 Å². The van der Waals surface area contributed by atoms with Crippen LogP contribution in [0.5, 0.6) is 0 Å². The van der Waals surface area contributed by atoms with Gasteiger partial charge in [0, 0.05) is 11.0 Å². The maximum absolute atomic E-state index is 12.7. The molecule has 1 heterocycles. The molecule has 4 fully saturated rings. The summed E-state index contributed by atoms with van der Waals surface area (Å²) in [6.07, 6.45) is 7.62. The molecule has 1 atom stereocenters. The van der Waals surface area contributed by atoms with E-state index in [0.29, 0.717) is 16.5 Å². The summed E-state index contributed by atoms with van der Waals surface area (Å²) in [5.74, 6) is 2.94. The van der Waals surface area contributed by atoms with Gasteiger partial charge in [-0.15, -0.1) is 10.2 Å². The number of rotatable bonds is 6. The molecule has 4 saturated carbocycles. The first-order valence-electron chi connectivity index (χ1n) is 10.8. The Bertz CT molecular complexity index is 950. The minimum absolute atomic E-state index is 0.0620. The van der Waals surface area contributed by atoms with Crippen LogP contribution in [0.25, 0.3) is 0 Å². The fourth-order valence-electron chi connectivity index (χ4n) is 6.18. The van der Waals surface area contributed by atoms with E-state index in [-0.39, 0.29) is 17.1 Å². The standard InChI is InChI=1S/C23H27N3O3S/c1-13(27)18-5-3-4-6-19(18)24-20(28)14(2)30-22-26-25-21(29-22)23-10-15-7-16(11-23)9-17(8-15)12-23/h3-6,14-17H,7-12H2,1-2H3,(H,24,28)/t14-,15?,16?,17?,23?/m0/s1. The van der Waals surface area contributed by atoms with E-state index in [2.05, 4.69) is 15.5 Å². The molecule has 7 heteroatoms. The molecular formula is C23H27N3O3S. The molecule has 1 amide bonds. The predicted molar refractivity (Wildman–Crippen MR) is 115 cm³/mol. The summed E-state index contributed by atoms with van der Waals surface area (Å²) in [6, 6.07) is 7.04. The second-order valence-corrected chi connectivity index (χ2v) is 10.7. The minimum atomic E-state index is -0.422. The lowest BCUT2D eigenvalue weighted by atomic mass is 9.49. The van der Waals surface area contributed by atoms with Gasteiger partial charge in [-0.2, -0.15) is 0 Å². The maximum Gasteiger partial charge on any atom is 0.277 e. The zero-order valence-corrected chi connectivity index (χ0v) is 18.2. The van der Waals surface area contributed by atoms with Gasteiger partial charge in [0.2, 0.25) is 11.8 Å². The first-order chi connectivity index (χ1) is 14.4. The highest BCUT2D eigenvalue weighted by Crippen LogP contribution is 2.60. The fourth-order valence-corrected chi connectivity index (χ4v) is 6.87. The van der Waals surface area contributed by atoms with Crippen molar-refractivity contribution in [2.75, 3.05) is 5.32 Å². The van der Waals surface area contributed by atoms with Crippen LogP contribution in [0.3, 0.4) is 0 Å². The molecule has 6 rings (SSSR count). The van der Waals surface area contributed by atoms with Gasteiger partial charge in [0.1, 0.15) is 0 Å². The minimum Gasteiger partial charge on any atom is -0.415 e. The zero-order valence-electron chi connectivity index (χ0n) is 17.4. The number of para-hydroxylation sites is 1. The van der Waals surface area contributed by atoms with E-state index in [1.54, 1.807) is 24.3 Å². The molecule has 1 N–H and O–H groups in total. The van der Waals surface area contributed by atoms with Crippen LogP contribution in [0.1, 0.15) is 68.6 Å². The Morgan fingerprint density at radius 1 is 1.10 bits per heavy atom. The van der Waals surface area contributed by atoms with E-state index in [4.69, 9.17) is 4.42 Å². The van der Waals surface area contributed by atoms with Crippen molar-refractivity contribution >= 4 is 29.1 Å². The highest BCUT2D eigenvalue weighted by atomic mass is 32.2. The van der Waals surface area contributed by atoms with E-state index >= 15 is 0 Å². The second-order valence-electron chi connectivity index (χ2n) is 9.42. The van der Waals surface area contributed by atoms with Crippen molar-refractivity contribution < 1.29 is 14.0 Å². The first kappa shape index (κ1) is 19.8. The number of hydrogen-bond donors (Lipinski definition) is 1. The summed E-state index contributed by atoms with van der Waals surface area (Å²) in [5.41, 5.74) is 1.10. The van der Waals surface area contributed by atoms with E-state index in [1.807, 2.05) is 6.92 Å². The number of nitrogens with zero attached hydrogens (tertiary/aromatic N) is 2. The molecule has 1 aromatic carbocycles. The molecule has 4 aliphatic carbocycles. The average molecular weight is 426 g/mol. The third-order valence-corrected chi connectivity index (χ3v) is 8.04. The number of carbonyl (C=O) groups is 2. The molecule has 0 aliphatic heterocycles. The van der Waals surface area contributed by atoms with Crippen molar-refractivity contribution in [3.63, 3.8) is 0 Å². The molecule has 4 bridgehead atoms. The van der Waals surface area contributed by atoms with Crippen LogP contribution in [0.2, 0.25) is 0 Å². The molecule has 2 aromatic rings. The van der Waals surface area contributed by atoms with Gasteiger partial charge >= 0.3 is 0 Å². The van der Waals surface area contributed by atoms with Crippen molar-refractivity contribution in [1.82, 2.24) is 10.2 Å². The van der Waals surface area contributed by atoms with Crippen molar-refractivity contribution in [3.05, 3.63) is 35.7 Å². The van der Waals surface area contributed by atoms with Crippen molar-refractivity contribution in [3.8, 4) is 0 Å². The Kier molecular flexibility index (Phi) is 4.96. The van der Waals surface area contributed by atoms with Gasteiger partial charge in [0.05, 0.1) is 10.9 Å². The molecule has 30 heavy (non-hydrogen) atoms. The van der Waals surface area contributed by atoms with Crippen LogP contribution in [-0.4, -0.2) is 27.1 Å². The van der Waals surface area contributed by atoms with Gasteiger partial charge < -0.3 is 9.73 Å². The fraction of sp³-hybridized carbons (Fsp3) is 0.565. The highest BCUT2D eigenvalue weighted by molar-refractivity contribution is 8.00. The van der Waals surface area contributed by atoms with Gasteiger partial charge in [-0.1, -0.05) is 23.9 Å². The normalized spacial score (nSPS) is 30.3. The Balaban J connectivity index is 1.27. The Labute approximate surface area is 180 Å². The van der Waals surface area contributed by atoms with E-state index in [1.165, 1.54) is 57.2 Å². The Morgan fingerprint density at radius 3 is 2.37 bits per heavy atom. The lowest BCUT2D eigenvalue weighted by Gasteiger charge is -2.55. The molecule has 0 unspecified atom stereocenters. The molecule has 158 valence electrons. The smallest absolute Gasteiger partial charge is 0.277 e. The number of Topliss-reactive ketones (excluding diaryl/α,β-unsaturated/α-hetero) is 1. The summed E-state index contributed by atoms with van der Waals surface area (Å²) in [7, 11) is 0. The second kappa shape index (κ2) is 7.52. The third-order valence-electron chi connectivity index (χ3n) is 7.11. The molecule has 0 saturated heterocycles. The average Bonchev–Trinajstić information content (AvgIpc) is 3.16. The lowest BCUT2D eigenvalue weighted by Crippen LogP contribution is -2.48. The van der Waals surface area contributed by atoms with Gasteiger partial charge in [-0.05, 0) is 82.3 Å².